The smallest absolute Gasteiger partial charge is 0.268 e. The number of nitrogens with zero attached hydrogens (tertiary/aromatic N) is 2. The summed E-state index contributed by atoms with van der Waals surface area (Å²) >= 11 is 6.34. The minimum atomic E-state index is -0.366. The minimum absolute atomic E-state index is 0.138. The first-order chi connectivity index (χ1) is 15.6. The van der Waals surface area contributed by atoms with E-state index >= 15 is 0 Å². The van der Waals surface area contributed by atoms with Crippen molar-refractivity contribution >= 4 is 39.0 Å². The molecule has 0 aliphatic carbocycles. The van der Waals surface area contributed by atoms with E-state index in [1.165, 1.54) is 10.8 Å². The molecule has 0 spiro atoms. The fourth-order valence-corrected chi connectivity index (χ4v) is 4.87. The molecule has 6 heteroatoms. The van der Waals surface area contributed by atoms with E-state index < -0.39 is 0 Å². The Balaban J connectivity index is 1.70. The van der Waals surface area contributed by atoms with Gasteiger partial charge < -0.3 is 15.2 Å². The largest absolute Gasteiger partial charge is 0.362 e. The van der Waals surface area contributed by atoms with Gasteiger partial charge in [-0.1, -0.05) is 48.0 Å². The lowest BCUT2D eigenvalue weighted by Crippen LogP contribution is -2.43. The Morgan fingerprint density at radius 2 is 1.81 bits per heavy atom. The second-order valence-electron chi connectivity index (χ2n) is 8.27. The molecule has 0 unspecified atom stereocenters. The maximum Gasteiger partial charge on any atom is 0.268 e. The average molecular weight is 443 g/mol. The highest BCUT2D eigenvalue weighted by atomic mass is 35.5. The fraction of sp³-hybridized carbons (Fsp3) is 0.231. The number of nitriles is 1. The Morgan fingerprint density at radius 1 is 1.03 bits per heavy atom. The summed E-state index contributed by atoms with van der Waals surface area (Å²) in [7, 11) is 0. The molecular formula is C26H23ClN4O. The number of H-pyrrole nitrogens is 1. The lowest BCUT2D eigenvalue weighted by molar-refractivity contribution is 0.428. The number of rotatable bonds is 4. The van der Waals surface area contributed by atoms with Crippen LogP contribution < -0.4 is 15.8 Å². The molecule has 0 atom stereocenters. The first-order valence-electron chi connectivity index (χ1n) is 10.8. The van der Waals surface area contributed by atoms with Crippen LogP contribution in [-0.4, -0.2) is 24.1 Å². The van der Waals surface area contributed by atoms with E-state index in [9.17, 15) is 10.1 Å². The van der Waals surface area contributed by atoms with E-state index in [-0.39, 0.29) is 17.2 Å². The predicted molar refractivity (Wildman–Crippen MR) is 130 cm³/mol. The van der Waals surface area contributed by atoms with Crippen LogP contribution in [0.3, 0.4) is 0 Å². The van der Waals surface area contributed by atoms with Gasteiger partial charge >= 0.3 is 0 Å². The van der Waals surface area contributed by atoms with Gasteiger partial charge in [-0.3, -0.25) is 4.79 Å². The Hall–Kier alpha value is -3.33. The zero-order valence-corrected chi connectivity index (χ0v) is 18.3. The van der Waals surface area contributed by atoms with Crippen LogP contribution in [0.15, 0.2) is 65.5 Å². The fourth-order valence-electron chi connectivity index (χ4n) is 4.69. The SMILES string of the molecule is N#Cc1c(N(Cc2ccc3ccccc3c2)C2CCNCC2)c2cc(Cl)ccc2[nH]c1=O. The number of pyridine rings is 1. The van der Waals surface area contributed by atoms with Crippen molar-refractivity contribution in [3.8, 4) is 6.07 Å². The first kappa shape index (κ1) is 20.6. The predicted octanol–water partition coefficient (Wildman–Crippen LogP) is 4.96. The molecule has 1 aromatic heterocycles. The summed E-state index contributed by atoms with van der Waals surface area (Å²) in [4.78, 5) is 17.9. The van der Waals surface area contributed by atoms with Gasteiger partial charge in [0.2, 0.25) is 0 Å². The van der Waals surface area contributed by atoms with E-state index in [4.69, 9.17) is 11.6 Å². The van der Waals surface area contributed by atoms with Crippen molar-refractivity contribution in [2.45, 2.75) is 25.4 Å². The highest BCUT2D eigenvalue weighted by molar-refractivity contribution is 6.31. The molecule has 0 saturated carbocycles. The molecule has 5 nitrogen and oxygen atoms in total. The van der Waals surface area contributed by atoms with Crippen LogP contribution in [0.4, 0.5) is 5.69 Å². The quantitative estimate of drug-likeness (QED) is 0.468. The molecular weight excluding hydrogens is 420 g/mol. The molecule has 1 aliphatic rings. The zero-order valence-electron chi connectivity index (χ0n) is 17.6. The van der Waals surface area contributed by atoms with Gasteiger partial charge in [0.25, 0.3) is 5.56 Å². The van der Waals surface area contributed by atoms with E-state index in [0.717, 1.165) is 36.9 Å². The average Bonchev–Trinajstić information content (AvgIpc) is 2.82. The number of aromatic nitrogens is 1. The molecule has 5 rings (SSSR count). The van der Waals surface area contributed by atoms with Crippen molar-refractivity contribution in [2.75, 3.05) is 18.0 Å². The van der Waals surface area contributed by atoms with Gasteiger partial charge in [0, 0.05) is 23.0 Å². The highest BCUT2D eigenvalue weighted by Gasteiger charge is 2.27. The monoisotopic (exact) mass is 442 g/mol. The first-order valence-corrected chi connectivity index (χ1v) is 11.2. The number of hydrogen-bond acceptors (Lipinski definition) is 4. The molecule has 0 bridgehead atoms. The van der Waals surface area contributed by atoms with Crippen molar-refractivity contribution < 1.29 is 0 Å². The van der Waals surface area contributed by atoms with Gasteiger partial charge in [-0.05, 0) is 66.5 Å². The lowest BCUT2D eigenvalue weighted by Gasteiger charge is -2.37. The zero-order chi connectivity index (χ0) is 22.1. The normalized spacial score (nSPS) is 14.5. The van der Waals surface area contributed by atoms with Gasteiger partial charge in [-0.25, -0.2) is 0 Å². The van der Waals surface area contributed by atoms with Crippen LogP contribution in [0.1, 0.15) is 24.0 Å². The number of piperidine rings is 1. The molecule has 2 heterocycles. The van der Waals surface area contributed by atoms with Gasteiger partial charge in [0.15, 0.2) is 0 Å². The number of anilines is 1. The number of fused-ring (bicyclic) bond motifs is 2. The topological polar surface area (TPSA) is 71.9 Å². The van der Waals surface area contributed by atoms with E-state index in [1.54, 1.807) is 12.1 Å². The van der Waals surface area contributed by atoms with Crippen LogP contribution in [0.5, 0.6) is 0 Å². The van der Waals surface area contributed by atoms with Crippen molar-refractivity contribution in [3.63, 3.8) is 0 Å². The summed E-state index contributed by atoms with van der Waals surface area (Å²) in [5.74, 6) is 0. The summed E-state index contributed by atoms with van der Waals surface area (Å²) in [6, 6.07) is 22.5. The van der Waals surface area contributed by atoms with Crippen LogP contribution in [0.2, 0.25) is 5.02 Å². The van der Waals surface area contributed by atoms with Crippen LogP contribution >= 0.6 is 11.6 Å². The molecule has 0 amide bonds. The molecule has 0 radical (unpaired) electrons. The van der Waals surface area contributed by atoms with Gasteiger partial charge in [-0.2, -0.15) is 5.26 Å². The second-order valence-corrected chi connectivity index (χ2v) is 8.71. The third-order valence-electron chi connectivity index (χ3n) is 6.26. The maximum atomic E-state index is 12.8. The molecule has 3 aromatic carbocycles. The number of halogens is 1. The van der Waals surface area contributed by atoms with Crippen molar-refractivity contribution in [2.24, 2.45) is 0 Å². The van der Waals surface area contributed by atoms with Crippen LogP contribution in [0.25, 0.3) is 21.7 Å². The van der Waals surface area contributed by atoms with Crippen LogP contribution in [0, 0.1) is 11.3 Å². The van der Waals surface area contributed by atoms with E-state index in [1.807, 2.05) is 18.2 Å². The number of benzene rings is 3. The Kier molecular flexibility index (Phi) is 5.57. The van der Waals surface area contributed by atoms with Crippen LogP contribution in [-0.2, 0) is 6.54 Å². The summed E-state index contributed by atoms with van der Waals surface area (Å²) in [6.45, 7) is 2.42. The Labute approximate surface area is 191 Å². The maximum absolute atomic E-state index is 12.8. The number of hydrogen-bond donors (Lipinski definition) is 2. The van der Waals surface area contributed by atoms with Gasteiger partial charge in [0.05, 0.1) is 11.2 Å². The summed E-state index contributed by atoms with van der Waals surface area (Å²) < 4.78 is 0. The van der Waals surface area contributed by atoms with Crippen molar-refractivity contribution in [3.05, 3.63) is 87.2 Å². The van der Waals surface area contributed by atoms with Crippen molar-refractivity contribution in [1.82, 2.24) is 10.3 Å². The van der Waals surface area contributed by atoms with Gasteiger partial charge in [-0.15, -0.1) is 0 Å². The van der Waals surface area contributed by atoms with E-state index in [0.29, 0.717) is 22.8 Å². The van der Waals surface area contributed by atoms with Gasteiger partial charge in [0.1, 0.15) is 11.6 Å². The molecule has 1 aliphatic heterocycles. The second kappa shape index (κ2) is 8.66. The third kappa shape index (κ3) is 3.84. The molecule has 1 fully saturated rings. The lowest BCUT2D eigenvalue weighted by atomic mass is 9.99. The number of aromatic amines is 1. The Morgan fingerprint density at radius 3 is 2.59 bits per heavy atom. The number of nitrogens with one attached hydrogen (secondary N) is 2. The van der Waals surface area contributed by atoms with Crippen molar-refractivity contribution in [1.29, 1.82) is 5.26 Å². The Bertz CT molecular complexity index is 1400. The summed E-state index contributed by atoms with van der Waals surface area (Å²) in [5.41, 5.74) is 2.27. The molecule has 4 aromatic rings. The van der Waals surface area contributed by atoms with E-state index in [2.05, 4.69) is 51.6 Å². The summed E-state index contributed by atoms with van der Waals surface area (Å²) in [6.07, 6.45) is 1.88. The highest BCUT2D eigenvalue weighted by Crippen LogP contribution is 2.34. The minimum Gasteiger partial charge on any atom is -0.362 e. The summed E-state index contributed by atoms with van der Waals surface area (Å²) in [5, 5.41) is 17.1. The third-order valence-corrected chi connectivity index (χ3v) is 6.50. The standard InChI is InChI=1S/C26H23ClN4O/c27-20-7-8-24-22(14-20)25(23(15-28)26(32)30-24)31(21-9-11-29-12-10-21)16-17-5-6-18-3-1-2-4-19(18)13-17/h1-8,13-14,21,29H,9-12,16H2,(H,30,32). The molecule has 160 valence electrons. The molecule has 32 heavy (non-hydrogen) atoms. The molecule has 2 N–H and O–H groups in total. The molecule has 1 saturated heterocycles.